The number of hydrogen-bond acceptors (Lipinski definition) is 7. The van der Waals surface area contributed by atoms with Crippen LogP contribution in [0.25, 0.3) is 0 Å². The fourth-order valence-electron chi connectivity index (χ4n) is 3.53. The molecule has 1 aromatic carbocycles. The minimum absolute atomic E-state index is 0.133. The molecular weight excluding hydrogens is 460 g/mol. The quantitative estimate of drug-likeness (QED) is 0.293. The first kappa shape index (κ1) is 25.1. The predicted molar refractivity (Wildman–Crippen MR) is 131 cm³/mol. The number of aryl methyl sites for hydroxylation is 1. The van der Waals surface area contributed by atoms with E-state index in [1.807, 2.05) is 0 Å². The van der Waals surface area contributed by atoms with E-state index in [-0.39, 0.29) is 18.6 Å². The fourth-order valence-corrected chi connectivity index (χ4v) is 5.65. The Morgan fingerprint density at radius 2 is 1.85 bits per heavy atom. The molecule has 0 spiro atoms. The third-order valence-electron chi connectivity index (χ3n) is 5.15. The van der Waals surface area contributed by atoms with Crippen molar-refractivity contribution in [3.05, 3.63) is 45.8 Å². The Kier molecular flexibility index (Phi) is 9.20. The smallest absolute Gasteiger partial charge is 0.410 e. The summed E-state index contributed by atoms with van der Waals surface area (Å²) in [4.78, 5) is 41.1. The number of esters is 1. The van der Waals surface area contributed by atoms with Crippen LogP contribution in [0.2, 0.25) is 0 Å². The third kappa shape index (κ3) is 6.74. The lowest BCUT2D eigenvalue weighted by Gasteiger charge is -2.26. The van der Waals surface area contributed by atoms with Crippen molar-refractivity contribution in [1.29, 1.82) is 0 Å². The average molecular weight is 491 g/mol. The van der Waals surface area contributed by atoms with Gasteiger partial charge in [-0.05, 0) is 57.1 Å². The zero-order valence-electron chi connectivity index (χ0n) is 19.3. The number of rotatable bonds is 9. The van der Waals surface area contributed by atoms with Gasteiger partial charge in [0.25, 0.3) is 0 Å². The number of carbonyl (C=O) groups excluding carboxylic acids is 3. The lowest BCUT2D eigenvalue weighted by Crippen LogP contribution is -2.36. The van der Waals surface area contributed by atoms with Crippen LogP contribution in [0.5, 0.6) is 0 Å². The summed E-state index contributed by atoms with van der Waals surface area (Å²) < 4.78 is 10.4. The van der Waals surface area contributed by atoms with Crippen LogP contribution in [0.1, 0.15) is 53.1 Å². The highest BCUT2D eigenvalue weighted by atomic mass is 32.2. The first-order valence-corrected chi connectivity index (χ1v) is 13.0. The molecule has 0 bridgehead atoms. The lowest BCUT2D eigenvalue weighted by atomic mass is 10.0. The fraction of sp³-hybridized carbons (Fsp3) is 0.458. The van der Waals surface area contributed by atoms with Crippen molar-refractivity contribution in [2.75, 3.05) is 30.8 Å². The van der Waals surface area contributed by atoms with Crippen molar-refractivity contribution >= 4 is 46.1 Å². The third-order valence-corrected chi connectivity index (χ3v) is 7.38. The van der Waals surface area contributed by atoms with E-state index in [1.165, 1.54) is 21.8 Å². The SMILES string of the molecule is CCOC(=O)c1c(NC(=O)CCCSc2ccc(C)cc2)sc2c1CCN(C(=O)OCC)C2. The molecule has 2 heterocycles. The van der Waals surface area contributed by atoms with E-state index in [9.17, 15) is 14.4 Å². The molecule has 33 heavy (non-hydrogen) atoms. The number of hydrogen-bond donors (Lipinski definition) is 1. The molecule has 2 aromatic rings. The molecule has 3 rings (SSSR count). The summed E-state index contributed by atoms with van der Waals surface area (Å²) in [6, 6.07) is 8.32. The maximum Gasteiger partial charge on any atom is 0.410 e. The Balaban J connectivity index is 1.63. The van der Waals surface area contributed by atoms with Gasteiger partial charge in [-0.1, -0.05) is 17.7 Å². The highest BCUT2D eigenvalue weighted by Crippen LogP contribution is 2.38. The van der Waals surface area contributed by atoms with Crippen LogP contribution in [-0.4, -0.2) is 48.4 Å². The summed E-state index contributed by atoms with van der Waals surface area (Å²) in [5.41, 5.74) is 2.49. The molecule has 1 aliphatic heterocycles. The number of amides is 2. The molecule has 0 aliphatic carbocycles. The normalized spacial score (nSPS) is 12.8. The Labute approximate surface area is 202 Å². The van der Waals surface area contributed by atoms with Gasteiger partial charge in [0.2, 0.25) is 5.91 Å². The average Bonchev–Trinajstić information content (AvgIpc) is 3.15. The number of nitrogens with one attached hydrogen (secondary N) is 1. The Morgan fingerprint density at radius 1 is 1.12 bits per heavy atom. The Hall–Kier alpha value is -2.52. The molecule has 178 valence electrons. The van der Waals surface area contributed by atoms with Crippen molar-refractivity contribution in [1.82, 2.24) is 4.90 Å². The molecular formula is C24H30N2O5S2. The number of nitrogens with zero attached hydrogens (tertiary/aromatic N) is 1. The zero-order chi connectivity index (χ0) is 23.8. The van der Waals surface area contributed by atoms with Gasteiger partial charge in [0.05, 0.1) is 25.3 Å². The molecule has 0 unspecified atom stereocenters. The molecule has 0 radical (unpaired) electrons. The van der Waals surface area contributed by atoms with E-state index >= 15 is 0 Å². The van der Waals surface area contributed by atoms with Gasteiger partial charge in [0, 0.05) is 22.7 Å². The summed E-state index contributed by atoms with van der Waals surface area (Å²) >= 11 is 3.05. The second-order valence-electron chi connectivity index (χ2n) is 7.61. The number of ether oxygens (including phenoxy) is 2. The summed E-state index contributed by atoms with van der Waals surface area (Å²) in [5.74, 6) is 0.257. The molecule has 0 saturated heterocycles. The van der Waals surface area contributed by atoms with E-state index in [2.05, 4.69) is 36.5 Å². The van der Waals surface area contributed by atoms with Crippen LogP contribution in [-0.2, 0) is 27.2 Å². The summed E-state index contributed by atoms with van der Waals surface area (Å²) in [7, 11) is 0. The van der Waals surface area contributed by atoms with Crippen molar-refractivity contribution in [2.45, 2.75) is 51.5 Å². The number of carbonyl (C=O) groups is 3. The number of anilines is 1. The number of thiophene rings is 1. The van der Waals surface area contributed by atoms with E-state index in [4.69, 9.17) is 9.47 Å². The van der Waals surface area contributed by atoms with E-state index in [0.717, 1.165) is 22.6 Å². The maximum atomic E-state index is 12.7. The highest BCUT2D eigenvalue weighted by Gasteiger charge is 2.31. The van der Waals surface area contributed by atoms with Gasteiger partial charge in [0.1, 0.15) is 5.00 Å². The van der Waals surface area contributed by atoms with Gasteiger partial charge >= 0.3 is 12.1 Å². The van der Waals surface area contributed by atoms with Crippen molar-refractivity contribution in [3.8, 4) is 0 Å². The van der Waals surface area contributed by atoms with Crippen LogP contribution in [0.3, 0.4) is 0 Å². The largest absolute Gasteiger partial charge is 0.462 e. The predicted octanol–water partition coefficient (Wildman–Crippen LogP) is 5.26. The van der Waals surface area contributed by atoms with Crippen LogP contribution >= 0.6 is 23.1 Å². The minimum atomic E-state index is -0.440. The van der Waals surface area contributed by atoms with Crippen molar-refractivity contribution in [2.24, 2.45) is 0 Å². The van der Waals surface area contributed by atoms with Gasteiger partial charge in [-0.2, -0.15) is 0 Å². The van der Waals surface area contributed by atoms with E-state index < -0.39 is 5.97 Å². The number of fused-ring (bicyclic) bond motifs is 1. The molecule has 0 fully saturated rings. The highest BCUT2D eigenvalue weighted by molar-refractivity contribution is 7.99. The summed E-state index contributed by atoms with van der Waals surface area (Å²) in [6.07, 6.45) is 1.23. The number of benzene rings is 1. The minimum Gasteiger partial charge on any atom is -0.462 e. The molecule has 0 saturated carbocycles. The standard InChI is InChI=1S/C24H30N2O5S2/c1-4-30-23(28)21-18-12-13-26(24(29)31-5-2)15-19(18)33-22(21)25-20(27)7-6-14-32-17-10-8-16(3)9-11-17/h8-11H,4-7,12-15H2,1-3H3,(H,25,27). The summed E-state index contributed by atoms with van der Waals surface area (Å²) in [6.45, 7) is 6.95. The van der Waals surface area contributed by atoms with Crippen molar-refractivity contribution in [3.63, 3.8) is 0 Å². The first-order valence-electron chi connectivity index (χ1n) is 11.2. The monoisotopic (exact) mass is 490 g/mol. The second-order valence-corrected chi connectivity index (χ2v) is 9.89. The van der Waals surface area contributed by atoms with Crippen LogP contribution in [0.4, 0.5) is 9.80 Å². The summed E-state index contributed by atoms with van der Waals surface area (Å²) in [5, 5.41) is 3.42. The van der Waals surface area contributed by atoms with Gasteiger partial charge in [0.15, 0.2) is 0 Å². The molecule has 2 amide bonds. The molecule has 0 atom stereocenters. The van der Waals surface area contributed by atoms with Gasteiger partial charge in [-0.3, -0.25) is 4.79 Å². The topological polar surface area (TPSA) is 84.9 Å². The van der Waals surface area contributed by atoms with Gasteiger partial charge < -0.3 is 19.7 Å². The first-order chi connectivity index (χ1) is 15.9. The van der Waals surface area contributed by atoms with Gasteiger partial charge in [-0.15, -0.1) is 23.1 Å². The van der Waals surface area contributed by atoms with Gasteiger partial charge in [-0.25, -0.2) is 9.59 Å². The van der Waals surface area contributed by atoms with Crippen molar-refractivity contribution < 1.29 is 23.9 Å². The molecule has 7 nitrogen and oxygen atoms in total. The van der Waals surface area contributed by atoms with Crippen LogP contribution in [0.15, 0.2) is 29.2 Å². The van der Waals surface area contributed by atoms with E-state index in [0.29, 0.717) is 43.1 Å². The van der Waals surface area contributed by atoms with Crippen LogP contribution < -0.4 is 5.32 Å². The Bertz CT molecular complexity index is 987. The molecule has 9 heteroatoms. The van der Waals surface area contributed by atoms with E-state index in [1.54, 1.807) is 30.5 Å². The molecule has 1 N–H and O–H groups in total. The maximum absolute atomic E-state index is 12.7. The zero-order valence-corrected chi connectivity index (χ0v) is 20.9. The molecule has 1 aliphatic rings. The number of thioether (sulfide) groups is 1. The van der Waals surface area contributed by atoms with Crippen LogP contribution in [0, 0.1) is 6.92 Å². The Morgan fingerprint density at radius 3 is 2.55 bits per heavy atom. The second kappa shape index (κ2) is 12.1. The lowest BCUT2D eigenvalue weighted by molar-refractivity contribution is -0.116. The molecule has 1 aromatic heterocycles.